The summed E-state index contributed by atoms with van der Waals surface area (Å²) >= 11 is 0. The van der Waals surface area contributed by atoms with Gasteiger partial charge in [0.1, 0.15) is 12.4 Å². The fourth-order valence-corrected chi connectivity index (χ4v) is 1.71. The van der Waals surface area contributed by atoms with Gasteiger partial charge < -0.3 is 11.1 Å². The summed E-state index contributed by atoms with van der Waals surface area (Å²) in [6, 6.07) is 6.33. The molecule has 0 saturated carbocycles. The minimum absolute atomic E-state index is 0.125. The molecule has 6 heteroatoms. The zero-order chi connectivity index (χ0) is 13.7. The van der Waals surface area contributed by atoms with Crippen molar-refractivity contribution in [1.29, 1.82) is 0 Å². The number of benzene rings is 1. The van der Waals surface area contributed by atoms with Crippen LogP contribution in [0.4, 0.5) is 10.1 Å². The van der Waals surface area contributed by atoms with E-state index >= 15 is 0 Å². The molecule has 1 aromatic heterocycles. The van der Waals surface area contributed by atoms with Gasteiger partial charge in [-0.1, -0.05) is 12.1 Å². The Kier molecular flexibility index (Phi) is 4.12. The van der Waals surface area contributed by atoms with Gasteiger partial charge in [0.15, 0.2) is 0 Å². The molecule has 2 rings (SSSR count). The van der Waals surface area contributed by atoms with Gasteiger partial charge >= 0.3 is 0 Å². The summed E-state index contributed by atoms with van der Waals surface area (Å²) in [4.78, 5) is 11.6. The summed E-state index contributed by atoms with van der Waals surface area (Å²) in [5, 5.41) is 6.66. The predicted octanol–water partition coefficient (Wildman–Crippen LogP) is 0.963. The Balaban J connectivity index is 1.75. The molecule has 0 fully saturated rings. The lowest BCUT2D eigenvalue weighted by Crippen LogP contribution is -2.29. The van der Waals surface area contributed by atoms with E-state index in [4.69, 9.17) is 5.73 Å². The molecule has 0 saturated heterocycles. The number of carbonyl (C=O) groups is 1. The van der Waals surface area contributed by atoms with Crippen LogP contribution in [0.1, 0.15) is 5.56 Å². The number of nitrogens with two attached hydrogens (primary N) is 1. The van der Waals surface area contributed by atoms with Gasteiger partial charge in [-0.05, 0) is 24.1 Å². The Morgan fingerprint density at radius 2 is 2.32 bits per heavy atom. The minimum Gasteiger partial charge on any atom is -0.396 e. The summed E-state index contributed by atoms with van der Waals surface area (Å²) in [5.74, 6) is -0.421. The molecule has 1 aromatic carbocycles. The number of halogens is 1. The van der Waals surface area contributed by atoms with Crippen LogP contribution >= 0.6 is 0 Å². The van der Waals surface area contributed by atoms with E-state index < -0.39 is 0 Å². The van der Waals surface area contributed by atoms with E-state index in [2.05, 4.69) is 10.4 Å². The number of hydrogen-bond acceptors (Lipinski definition) is 3. The number of carbonyl (C=O) groups excluding carboxylic acids is 1. The highest BCUT2D eigenvalue weighted by Gasteiger charge is 2.03. The first kappa shape index (κ1) is 13.1. The van der Waals surface area contributed by atoms with Crippen LogP contribution in [0.25, 0.3) is 0 Å². The van der Waals surface area contributed by atoms with Crippen molar-refractivity contribution in [2.75, 3.05) is 12.3 Å². The molecule has 0 bridgehead atoms. The third-order valence-corrected chi connectivity index (χ3v) is 2.58. The molecule has 0 radical (unpaired) electrons. The molecule has 3 N–H and O–H groups in total. The molecule has 2 aromatic rings. The zero-order valence-electron chi connectivity index (χ0n) is 10.3. The van der Waals surface area contributed by atoms with Crippen LogP contribution in [0.15, 0.2) is 36.7 Å². The molecular weight excluding hydrogens is 247 g/mol. The van der Waals surface area contributed by atoms with E-state index in [-0.39, 0.29) is 18.3 Å². The van der Waals surface area contributed by atoms with Crippen LogP contribution in [0.3, 0.4) is 0 Å². The number of nitrogens with zero attached hydrogens (tertiary/aromatic N) is 2. The van der Waals surface area contributed by atoms with Crippen LogP contribution in [-0.2, 0) is 17.8 Å². The van der Waals surface area contributed by atoms with Gasteiger partial charge in [0, 0.05) is 12.7 Å². The number of anilines is 1. The maximum absolute atomic E-state index is 12.9. The Bertz CT molecular complexity index is 567. The number of rotatable bonds is 5. The number of hydrogen-bond donors (Lipinski definition) is 2. The summed E-state index contributed by atoms with van der Waals surface area (Å²) in [7, 11) is 0. The van der Waals surface area contributed by atoms with Crippen molar-refractivity contribution >= 4 is 11.6 Å². The monoisotopic (exact) mass is 262 g/mol. The third kappa shape index (κ3) is 4.09. The quantitative estimate of drug-likeness (QED) is 0.843. The van der Waals surface area contributed by atoms with Gasteiger partial charge in [0.05, 0.1) is 11.9 Å². The lowest BCUT2D eigenvalue weighted by Gasteiger charge is -2.05. The van der Waals surface area contributed by atoms with Gasteiger partial charge in [-0.2, -0.15) is 5.10 Å². The Hall–Kier alpha value is -2.37. The average molecular weight is 262 g/mol. The van der Waals surface area contributed by atoms with E-state index in [9.17, 15) is 9.18 Å². The van der Waals surface area contributed by atoms with Crippen molar-refractivity contribution in [1.82, 2.24) is 15.1 Å². The normalized spacial score (nSPS) is 10.4. The molecule has 0 unspecified atom stereocenters. The first-order valence-corrected chi connectivity index (χ1v) is 5.92. The van der Waals surface area contributed by atoms with Crippen molar-refractivity contribution in [3.8, 4) is 0 Å². The minimum atomic E-state index is -0.268. The molecule has 100 valence electrons. The maximum atomic E-state index is 12.9. The summed E-state index contributed by atoms with van der Waals surface area (Å²) in [6.45, 7) is 0.583. The lowest BCUT2D eigenvalue weighted by atomic mass is 10.1. The molecule has 5 nitrogen and oxygen atoms in total. The summed E-state index contributed by atoms with van der Waals surface area (Å²) < 4.78 is 14.4. The molecule has 0 aliphatic carbocycles. The fourth-order valence-electron chi connectivity index (χ4n) is 1.71. The summed E-state index contributed by atoms with van der Waals surface area (Å²) in [5.41, 5.74) is 6.87. The molecule has 0 aliphatic rings. The largest absolute Gasteiger partial charge is 0.396 e. The topological polar surface area (TPSA) is 72.9 Å². The lowest BCUT2D eigenvalue weighted by molar-refractivity contribution is -0.121. The van der Waals surface area contributed by atoms with Gasteiger partial charge in [-0.15, -0.1) is 0 Å². The molecule has 0 aliphatic heterocycles. The number of aromatic nitrogens is 2. The standard InChI is InChI=1S/C13H15FN4O/c14-11-3-1-2-10(6-11)4-5-16-13(19)9-18-8-12(15)7-17-18/h1-3,6-8H,4-5,9,15H2,(H,16,19). The van der Waals surface area contributed by atoms with Gasteiger partial charge in [-0.3, -0.25) is 9.48 Å². The molecule has 0 atom stereocenters. The van der Waals surface area contributed by atoms with E-state index in [1.165, 1.54) is 23.0 Å². The van der Waals surface area contributed by atoms with Gasteiger partial charge in [0.2, 0.25) is 5.91 Å². The van der Waals surface area contributed by atoms with E-state index in [0.717, 1.165) is 5.56 Å². The first-order valence-electron chi connectivity index (χ1n) is 5.92. The van der Waals surface area contributed by atoms with Crippen molar-refractivity contribution < 1.29 is 9.18 Å². The zero-order valence-corrected chi connectivity index (χ0v) is 10.3. The van der Waals surface area contributed by atoms with Crippen LogP contribution < -0.4 is 11.1 Å². The van der Waals surface area contributed by atoms with Crippen LogP contribution in [0.2, 0.25) is 0 Å². The first-order chi connectivity index (χ1) is 9.13. The fraction of sp³-hybridized carbons (Fsp3) is 0.231. The van der Waals surface area contributed by atoms with Crippen molar-refractivity contribution in [2.24, 2.45) is 0 Å². The molecule has 1 amide bonds. The number of amides is 1. The second-order valence-corrected chi connectivity index (χ2v) is 4.20. The highest BCUT2D eigenvalue weighted by atomic mass is 19.1. The maximum Gasteiger partial charge on any atom is 0.241 e. The van der Waals surface area contributed by atoms with E-state index in [0.29, 0.717) is 18.7 Å². The van der Waals surface area contributed by atoms with E-state index in [1.807, 2.05) is 6.07 Å². The third-order valence-electron chi connectivity index (χ3n) is 2.58. The van der Waals surface area contributed by atoms with Crippen molar-refractivity contribution in [2.45, 2.75) is 13.0 Å². The number of nitrogen functional groups attached to an aromatic ring is 1. The Morgan fingerprint density at radius 3 is 3.00 bits per heavy atom. The SMILES string of the molecule is Nc1cnn(CC(=O)NCCc2cccc(F)c2)c1. The molecule has 19 heavy (non-hydrogen) atoms. The summed E-state index contributed by atoms with van der Waals surface area (Å²) in [6.07, 6.45) is 3.66. The Morgan fingerprint density at radius 1 is 1.47 bits per heavy atom. The van der Waals surface area contributed by atoms with Crippen LogP contribution in [0.5, 0.6) is 0 Å². The van der Waals surface area contributed by atoms with Gasteiger partial charge in [-0.25, -0.2) is 4.39 Å². The van der Waals surface area contributed by atoms with Crippen LogP contribution in [-0.4, -0.2) is 22.2 Å². The van der Waals surface area contributed by atoms with Crippen molar-refractivity contribution in [3.05, 3.63) is 48.0 Å². The highest BCUT2D eigenvalue weighted by molar-refractivity contribution is 5.75. The highest BCUT2D eigenvalue weighted by Crippen LogP contribution is 2.03. The Labute approximate surface area is 110 Å². The van der Waals surface area contributed by atoms with Crippen molar-refractivity contribution in [3.63, 3.8) is 0 Å². The second-order valence-electron chi connectivity index (χ2n) is 4.20. The second kappa shape index (κ2) is 5.99. The predicted molar refractivity (Wildman–Crippen MR) is 69.8 cm³/mol. The molecular formula is C13H15FN4O. The van der Waals surface area contributed by atoms with Crippen LogP contribution in [0, 0.1) is 5.82 Å². The average Bonchev–Trinajstić information content (AvgIpc) is 2.75. The number of nitrogens with one attached hydrogen (secondary N) is 1. The smallest absolute Gasteiger partial charge is 0.241 e. The molecule has 0 spiro atoms. The van der Waals surface area contributed by atoms with Gasteiger partial charge in [0.25, 0.3) is 0 Å². The molecule has 1 heterocycles. The van der Waals surface area contributed by atoms with E-state index in [1.54, 1.807) is 12.3 Å².